The maximum atomic E-state index is 13.4. The maximum Gasteiger partial charge on any atom is 0.306 e. The molecule has 1 fully saturated rings. The summed E-state index contributed by atoms with van der Waals surface area (Å²) in [6.07, 6.45) is 2.31. The highest BCUT2D eigenvalue weighted by Gasteiger charge is 2.39. The van der Waals surface area contributed by atoms with Crippen LogP contribution in [0.15, 0.2) is 12.4 Å². The van der Waals surface area contributed by atoms with Crippen molar-refractivity contribution >= 4 is 5.69 Å². The Morgan fingerprint density at radius 3 is 2.93 bits per heavy atom. The third kappa shape index (κ3) is 1.58. The number of hydrogen-bond acceptors (Lipinski definition) is 4. The van der Waals surface area contributed by atoms with Crippen LogP contribution in [0, 0.1) is 10.1 Å². The van der Waals surface area contributed by atoms with Gasteiger partial charge in [-0.15, -0.1) is 0 Å². The number of ether oxygens (including phenoxy) is 1. The van der Waals surface area contributed by atoms with Crippen LogP contribution in [0.1, 0.15) is 0 Å². The quantitative estimate of drug-likeness (QED) is 0.528. The van der Waals surface area contributed by atoms with Crippen molar-refractivity contribution in [2.24, 2.45) is 0 Å². The van der Waals surface area contributed by atoms with Crippen LogP contribution in [-0.2, 0) is 11.3 Å². The summed E-state index contributed by atoms with van der Waals surface area (Å²) in [4.78, 5) is 9.73. The highest BCUT2D eigenvalue weighted by molar-refractivity contribution is 5.20. The van der Waals surface area contributed by atoms with Crippen LogP contribution >= 0.6 is 0 Å². The predicted octanol–water partition coefficient (Wildman–Crippen LogP) is 0.530. The van der Waals surface area contributed by atoms with Gasteiger partial charge in [0, 0.05) is 0 Å². The molecule has 1 aliphatic heterocycles. The monoisotopic (exact) mass is 201 g/mol. The van der Waals surface area contributed by atoms with E-state index in [1.54, 1.807) is 0 Å². The summed E-state index contributed by atoms with van der Waals surface area (Å²) in [5.41, 5.74) is -1.55. The van der Waals surface area contributed by atoms with E-state index in [2.05, 4.69) is 5.10 Å². The van der Waals surface area contributed by atoms with Crippen molar-refractivity contribution in [3.8, 4) is 0 Å². The van der Waals surface area contributed by atoms with Gasteiger partial charge < -0.3 is 4.74 Å². The zero-order chi connectivity index (χ0) is 10.2. The van der Waals surface area contributed by atoms with Gasteiger partial charge in [-0.3, -0.25) is 14.8 Å². The first-order valence-corrected chi connectivity index (χ1v) is 4.03. The average molecular weight is 201 g/mol. The molecule has 0 spiro atoms. The molecule has 7 heteroatoms. The second kappa shape index (κ2) is 3.02. The Bertz CT molecular complexity index is 361. The van der Waals surface area contributed by atoms with Crippen molar-refractivity contribution in [3.63, 3.8) is 0 Å². The normalized spacial score (nSPS) is 18.9. The highest BCUT2D eigenvalue weighted by Crippen LogP contribution is 2.24. The van der Waals surface area contributed by atoms with Crippen molar-refractivity contribution in [1.29, 1.82) is 0 Å². The number of nitro groups is 1. The van der Waals surface area contributed by atoms with Gasteiger partial charge in [0.25, 0.3) is 0 Å². The summed E-state index contributed by atoms with van der Waals surface area (Å²) in [5.74, 6) is 0. The molecular formula is C7H8FN3O3. The van der Waals surface area contributed by atoms with Gasteiger partial charge in [-0.25, -0.2) is 4.39 Å². The Hall–Kier alpha value is -1.50. The lowest BCUT2D eigenvalue weighted by molar-refractivity contribution is -0.385. The molecule has 1 aromatic rings. The fourth-order valence-corrected chi connectivity index (χ4v) is 1.24. The van der Waals surface area contributed by atoms with Gasteiger partial charge in [-0.05, 0) is 0 Å². The summed E-state index contributed by atoms with van der Waals surface area (Å²) in [6, 6.07) is 0. The second-order valence-electron chi connectivity index (χ2n) is 3.30. The summed E-state index contributed by atoms with van der Waals surface area (Å²) in [6.45, 7) is 0.0577. The van der Waals surface area contributed by atoms with Crippen LogP contribution in [0.25, 0.3) is 0 Å². The molecule has 1 saturated heterocycles. The van der Waals surface area contributed by atoms with Crippen molar-refractivity contribution in [3.05, 3.63) is 22.5 Å². The summed E-state index contributed by atoms with van der Waals surface area (Å²) >= 11 is 0. The first kappa shape index (κ1) is 9.07. The number of halogens is 1. The molecule has 0 aliphatic carbocycles. The van der Waals surface area contributed by atoms with E-state index in [-0.39, 0.29) is 25.4 Å². The number of alkyl halides is 1. The molecule has 1 aliphatic rings. The minimum atomic E-state index is -1.42. The largest absolute Gasteiger partial charge is 0.374 e. The standard InChI is InChI=1S/C7H8FN3O3/c8-7(4-14-5-7)3-10-2-6(1-9-10)11(12)13/h1-2H,3-5H2. The zero-order valence-corrected chi connectivity index (χ0v) is 7.22. The molecule has 0 amide bonds. The molecule has 0 saturated carbocycles. The molecule has 1 aromatic heterocycles. The van der Waals surface area contributed by atoms with E-state index in [0.717, 1.165) is 6.20 Å². The first-order chi connectivity index (χ1) is 6.59. The second-order valence-corrected chi connectivity index (χ2v) is 3.30. The molecule has 2 rings (SSSR count). The molecule has 0 bridgehead atoms. The predicted molar refractivity (Wildman–Crippen MR) is 43.5 cm³/mol. The molecule has 0 atom stereocenters. The van der Waals surface area contributed by atoms with Crippen LogP contribution in [0.5, 0.6) is 0 Å². The SMILES string of the molecule is O=[N+]([O-])c1cnn(CC2(F)COC2)c1. The van der Waals surface area contributed by atoms with E-state index in [1.807, 2.05) is 0 Å². The van der Waals surface area contributed by atoms with Crippen LogP contribution in [0.4, 0.5) is 10.1 Å². The van der Waals surface area contributed by atoms with Crippen molar-refractivity contribution in [2.75, 3.05) is 13.2 Å². The van der Waals surface area contributed by atoms with Gasteiger partial charge in [-0.2, -0.15) is 5.10 Å². The van der Waals surface area contributed by atoms with Gasteiger partial charge in [-0.1, -0.05) is 0 Å². The van der Waals surface area contributed by atoms with Crippen LogP contribution in [0.2, 0.25) is 0 Å². The van der Waals surface area contributed by atoms with E-state index in [9.17, 15) is 14.5 Å². The smallest absolute Gasteiger partial charge is 0.306 e. The zero-order valence-electron chi connectivity index (χ0n) is 7.22. The Kier molecular flexibility index (Phi) is 1.95. The Morgan fingerprint density at radius 2 is 2.50 bits per heavy atom. The number of nitrogens with zero attached hydrogens (tertiary/aromatic N) is 3. The third-order valence-corrected chi connectivity index (χ3v) is 2.00. The summed E-state index contributed by atoms with van der Waals surface area (Å²) < 4.78 is 19.4. The third-order valence-electron chi connectivity index (χ3n) is 2.00. The number of aromatic nitrogens is 2. The number of hydrogen-bond donors (Lipinski definition) is 0. The maximum absolute atomic E-state index is 13.4. The molecule has 14 heavy (non-hydrogen) atoms. The van der Waals surface area contributed by atoms with Crippen molar-refractivity contribution in [2.45, 2.75) is 12.2 Å². The fourth-order valence-electron chi connectivity index (χ4n) is 1.24. The van der Waals surface area contributed by atoms with Crippen LogP contribution in [-0.4, -0.2) is 33.6 Å². The molecule has 0 aromatic carbocycles. The molecule has 0 radical (unpaired) electrons. The van der Waals surface area contributed by atoms with Gasteiger partial charge >= 0.3 is 5.69 Å². The Morgan fingerprint density at radius 1 is 1.79 bits per heavy atom. The minimum Gasteiger partial charge on any atom is -0.374 e. The lowest BCUT2D eigenvalue weighted by Crippen LogP contribution is -2.48. The Labute approximate surface area is 78.4 Å². The topological polar surface area (TPSA) is 70.2 Å². The van der Waals surface area contributed by atoms with E-state index in [1.165, 1.54) is 10.9 Å². The molecule has 0 unspecified atom stereocenters. The van der Waals surface area contributed by atoms with Gasteiger partial charge in [0.1, 0.15) is 12.4 Å². The molecule has 2 heterocycles. The highest BCUT2D eigenvalue weighted by atomic mass is 19.1. The lowest BCUT2D eigenvalue weighted by atomic mass is 10.1. The van der Waals surface area contributed by atoms with E-state index in [0.29, 0.717) is 0 Å². The van der Waals surface area contributed by atoms with Crippen LogP contribution in [0.3, 0.4) is 0 Å². The first-order valence-electron chi connectivity index (χ1n) is 4.03. The molecule has 0 N–H and O–H groups in total. The van der Waals surface area contributed by atoms with Gasteiger partial charge in [0.2, 0.25) is 0 Å². The summed E-state index contributed by atoms with van der Waals surface area (Å²) in [7, 11) is 0. The average Bonchev–Trinajstić information content (AvgIpc) is 2.50. The molecular weight excluding hydrogens is 193 g/mol. The van der Waals surface area contributed by atoms with E-state index in [4.69, 9.17) is 4.74 Å². The van der Waals surface area contributed by atoms with Crippen LogP contribution < -0.4 is 0 Å². The van der Waals surface area contributed by atoms with E-state index >= 15 is 0 Å². The Balaban J connectivity index is 2.06. The lowest BCUT2D eigenvalue weighted by Gasteiger charge is -2.33. The summed E-state index contributed by atoms with van der Waals surface area (Å²) in [5, 5.41) is 14.0. The van der Waals surface area contributed by atoms with Gasteiger partial charge in [0.05, 0.1) is 24.7 Å². The van der Waals surface area contributed by atoms with Gasteiger partial charge in [0.15, 0.2) is 5.67 Å². The van der Waals surface area contributed by atoms with Crippen molar-refractivity contribution in [1.82, 2.24) is 9.78 Å². The molecule has 6 nitrogen and oxygen atoms in total. The number of rotatable bonds is 3. The van der Waals surface area contributed by atoms with Crippen molar-refractivity contribution < 1.29 is 14.1 Å². The molecule has 76 valence electrons. The minimum absolute atomic E-state index is 0.000833. The van der Waals surface area contributed by atoms with E-state index < -0.39 is 10.6 Å². The fraction of sp³-hybridized carbons (Fsp3) is 0.571.